The highest BCUT2D eigenvalue weighted by molar-refractivity contribution is 5.83. The fourth-order valence-corrected chi connectivity index (χ4v) is 2.03. The molecule has 0 aromatic heterocycles. The van der Waals surface area contributed by atoms with Crippen molar-refractivity contribution >= 4 is 23.6 Å². The first-order valence-electron chi connectivity index (χ1n) is 9.89. The zero-order valence-electron chi connectivity index (χ0n) is 17.2. The summed E-state index contributed by atoms with van der Waals surface area (Å²) in [5, 5.41) is 13.8. The molecule has 0 saturated carbocycles. The second-order valence-electron chi connectivity index (χ2n) is 6.34. The fourth-order valence-electron chi connectivity index (χ4n) is 2.03. The lowest BCUT2D eigenvalue weighted by atomic mass is 10.2. The lowest BCUT2D eigenvalue weighted by molar-refractivity contribution is -0.138. The van der Waals surface area contributed by atoms with Gasteiger partial charge in [0.2, 0.25) is 11.8 Å². The van der Waals surface area contributed by atoms with Crippen LogP contribution in [-0.4, -0.2) is 81.4 Å². The summed E-state index contributed by atoms with van der Waals surface area (Å²) in [6.07, 6.45) is 1.67. The van der Waals surface area contributed by atoms with Gasteiger partial charge in [-0.1, -0.05) is 0 Å². The Morgan fingerprint density at radius 2 is 1.07 bits per heavy atom. The number of carbonyl (C=O) groups excluding carboxylic acids is 3. The van der Waals surface area contributed by atoms with E-state index < -0.39 is 5.97 Å². The van der Waals surface area contributed by atoms with Crippen LogP contribution in [0, 0.1) is 0 Å². The molecule has 0 unspecified atom stereocenters. The van der Waals surface area contributed by atoms with Gasteiger partial charge in [-0.2, -0.15) is 0 Å². The molecule has 2 amide bonds. The minimum absolute atomic E-state index is 0.00680. The molecule has 0 atom stereocenters. The molecular weight excluding hydrogens is 384 g/mol. The Balaban J connectivity index is 3.20. The lowest BCUT2D eigenvalue weighted by Crippen LogP contribution is -2.25. The summed E-state index contributed by atoms with van der Waals surface area (Å²) in [6.45, 7) is 5.23. The minimum Gasteiger partial charge on any atom is -0.481 e. The van der Waals surface area contributed by atoms with Gasteiger partial charge in [-0.25, -0.2) is 0 Å². The van der Waals surface area contributed by atoms with Gasteiger partial charge >= 0.3 is 5.97 Å². The second-order valence-corrected chi connectivity index (χ2v) is 6.34. The number of hydrogen-bond donors (Lipinski definition) is 3. The quantitative estimate of drug-likeness (QED) is 0.240. The maximum Gasteiger partial charge on any atom is 0.303 e. The van der Waals surface area contributed by atoms with E-state index in [0.717, 1.165) is 0 Å². The molecule has 10 nitrogen and oxygen atoms in total. The SMILES string of the molecule is CC(=O)CCC(=O)NCCCOCCOCCOCCCNC(=O)CCC(=O)O. The van der Waals surface area contributed by atoms with E-state index in [1.807, 2.05) is 0 Å². The van der Waals surface area contributed by atoms with Gasteiger partial charge in [-0.3, -0.25) is 14.4 Å². The molecule has 0 aromatic rings. The number of rotatable bonds is 20. The van der Waals surface area contributed by atoms with Crippen LogP contribution >= 0.6 is 0 Å². The highest BCUT2D eigenvalue weighted by atomic mass is 16.5. The monoisotopic (exact) mass is 418 g/mol. The van der Waals surface area contributed by atoms with E-state index in [2.05, 4.69) is 10.6 Å². The fraction of sp³-hybridized carbons (Fsp3) is 0.789. The van der Waals surface area contributed by atoms with Crippen LogP contribution in [-0.2, 0) is 33.4 Å². The highest BCUT2D eigenvalue weighted by Gasteiger charge is 2.04. The predicted octanol–water partition coefficient (Wildman–Crippen LogP) is 0.283. The Kier molecular flexibility index (Phi) is 17.9. The van der Waals surface area contributed by atoms with Gasteiger partial charge in [0.05, 0.1) is 32.8 Å². The summed E-state index contributed by atoms with van der Waals surface area (Å²) in [4.78, 5) is 43.7. The third kappa shape index (κ3) is 22.1. The number of aliphatic carboxylic acids is 1. The molecule has 29 heavy (non-hydrogen) atoms. The molecule has 0 aliphatic heterocycles. The van der Waals surface area contributed by atoms with Crippen LogP contribution in [0.4, 0.5) is 0 Å². The molecule has 0 spiro atoms. The summed E-state index contributed by atoms with van der Waals surface area (Å²) < 4.78 is 16.1. The minimum atomic E-state index is -0.986. The van der Waals surface area contributed by atoms with Crippen LogP contribution in [0.15, 0.2) is 0 Å². The van der Waals surface area contributed by atoms with Crippen LogP contribution < -0.4 is 10.6 Å². The third-order valence-electron chi connectivity index (χ3n) is 3.59. The first-order valence-corrected chi connectivity index (χ1v) is 9.89. The van der Waals surface area contributed by atoms with Crippen molar-refractivity contribution in [3.8, 4) is 0 Å². The Morgan fingerprint density at radius 1 is 0.655 bits per heavy atom. The van der Waals surface area contributed by atoms with E-state index in [1.54, 1.807) is 0 Å². The zero-order valence-corrected chi connectivity index (χ0v) is 17.2. The number of amides is 2. The zero-order chi connectivity index (χ0) is 21.7. The smallest absolute Gasteiger partial charge is 0.303 e. The van der Waals surface area contributed by atoms with Crippen LogP contribution in [0.3, 0.4) is 0 Å². The van der Waals surface area contributed by atoms with Crippen molar-refractivity contribution in [2.45, 2.75) is 45.4 Å². The van der Waals surface area contributed by atoms with E-state index in [4.69, 9.17) is 19.3 Å². The molecule has 0 aliphatic rings. The van der Waals surface area contributed by atoms with Crippen molar-refractivity contribution in [2.24, 2.45) is 0 Å². The van der Waals surface area contributed by atoms with Crippen molar-refractivity contribution in [3.63, 3.8) is 0 Å². The maximum absolute atomic E-state index is 11.4. The molecule has 0 bridgehead atoms. The predicted molar refractivity (Wildman–Crippen MR) is 104 cm³/mol. The summed E-state index contributed by atoms with van der Waals surface area (Å²) in [7, 11) is 0. The van der Waals surface area contributed by atoms with Crippen LogP contribution in [0.25, 0.3) is 0 Å². The van der Waals surface area contributed by atoms with Gasteiger partial charge in [-0.15, -0.1) is 0 Å². The van der Waals surface area contributed by atoms with Gasteiger partial charge in [-0.05, 0) is 19.8 Å². The Morgan fingerprint density at radius 3 is 1.48 bits per heavy atom. The number of hydrogen-bond acceptors (Lipinski definition) is 7. The highest BCUT2D eigenvalue weighted by Crippen LogP contribution is 1.91. The molecule has 0 radical (unpaired) electrons. The molecule has 10 heteroatoms. The lowest BCUT2D eigenvalue weighted by Gasteiger charge is -2.08. The molecule has 0 fully saturated rings. The summed E-state index contributed by atoms with van der Waals surface area (Å²) in [6, 6.07) is 0. The molecule has 168 valence electrons. The van der Waals surface area contributed by atoms with Crippen molar-refractivity contribution in [1.82, 2.24) is 10.6 Å². The maximum atomic E-state index is 11.4. The number of ether oxygens (including phenoxy) is 3. The number of carboxylic acids is 1. The van der Waals surface area contributed by atoms with Crippen molar-refractivity contribution < 1.29 is 38.5 Å². The van der Waals surface area contributed by atoms with E-state index in [1.165, 1.54) is 6.92 Å². The van der Waals surface area contributed by atoms with Crippen molar-refractivity contribution in [3.05, 3.63) is 0 Å². The Labute approximate surface area is 171 Å². The van der Waals surface area contributed by atoms with Gasteiger partial charge in [0.1, 0.15) is 5.78 Å². The topological polar surface area (TPSA) is 140 Å². The number of carboxylic acid groups (broad SMARTS) is 1. The third-order valence-corrected chi connectivity index (χ3v) is 3.59. The molecule has 0 aliphatic carbocycles. The number of ketones is 1. The summed E-state index contributed by atoms with van der Waals surface area (Å²) in [5.74, 6) is -1.37. The van der Waals surface area contributed by atoms with Gasteiger partial charge < -0.3 is 34.7 Å². The van der Waals surface area contributed by atoms with Crippen LogP contribution in [0.5, 0.6) is 0 Å². The molecular formula is C19H34N2O8. The normalized spacial score (nSPS) is 10.5. The average Bonchev–Trinajstić information content (AvgIpc) is 2.67. The van der Waals surface area contributed by atoms with Crippen LogP contribution in [0.1, 0.15) is 45.4 Å². The average molecular weight is 418 g/mol. The number of nitrogens with one attached hydrogen (secondary N) is 2. The largest absolute Gasteiger partial charge is 0.481 e. The van der Waals surface area contributed by atoms with E-state index in [0.29, 0.717) is 65.6 Å². The number of Topliss-reactive ketones (excluding diaryl/α,β-unsaturated/α-hetero) is 1. The molecule has 0 heterocycles. The summed E-state index contributed by atoms with van der Waals surface area (Å²) in [5.41, 5.74) is 0. The first-order chi connectivity index (χ1) is 13.9. The molecule has 0 saturated heterocycles. The van der Waals surface area contributed by atoms with Gasteiger partial charge in [0.15, 0.2) is 0 Å². The van der Waals surface area contributed by atoms with Gasteiger partial charge in [0.25, 0.3) is 0 Å². The van der Waals surface area contributed by atoms with E-state index >= 15 is 0 Å². The molecule has 3 N–H and O–H groups in total. The Hall–Kier alpha value is -2.04. The van der Waals surface area contributed by atoms with E-state index in [-0.39, 0.29) is 43.3 Å². The molecule has 0 aromatic carbocycles. The van der Waals surface area contributed by atoms with Crippen LogP contribution in [0.2, 0.25) is 0 Å². The summed E-state index contributed by atoms with van der Waals surface area (Å²) >= 11 is 0. The van der Waals surface area contributed by atoms with E-state index in [9.17, 15) is 19.2 Å². The Bertz CT molecular complexity index is 443. The second kappa shape index (κ2) is 19.3. The van der Waals surface area contributed by atoms with Crippen molar-refractivity contribution in [1.29, 1.82) is 0 Å². The van der Waals surface area contributed by atoms with Gasteiger partial charge in [0, 0.05) is 45.6 Å². The first kappa shape index (κ1) is 27.0. The van der Waals surface area contributed by atoms with Crippen molar-refractivity contribution in [2.75, 3.05) is 52.7 Å². The number of carbonyl (C=O) groups is 4. The standard InChI is InChI=1S/C19H34N2O8/c1-16(22)4-5-17(23)20-8-2-10-27-12-14-29-15-13-28-11-3-9-21-18(24)6-7-19(25)26/h2-15H2,1H3,(H,20,23)(H,21,24)(H,25,26). The molecule has 0 rings (SSSR count).